The van der Waals surface area contributed by atoms with Gasteiger partial charge in [-0.05, 0) is 32.0 Å². The van der Waals surface area contributed by atoms with Gasteiger partial charge in [0.25, 0.3) is 0 Å². The van der Waals surface area contributed by atoms with E-state index in [0.717, 1.165) is 16.7 Å². The largest absolute Gasteiger partial charge is 0.494 e. The molecule has 0 radical (unpaired) electrons. The number of hydrogen-bond donors (Lipinski definition) is 0. The van der Waals surface area contributed by atoms with Crippen LogP contribution in [0.2, 0.25) is 0 Å². The highest BCUT2D eigenvalue weighted by molar-refractivity contribution is 5.90. The number of hydrogen-bond acceptors (Lipinski definition) is 3. The van der Waals surface area contributed by atoms with Gasteiger partial charge in [-0.2, -0.15) is 0 Å². The van der Waals surface area contributed by atoms with Crippen LogP contribution in [0, 0.1) is 0 Å². The predicted molar refractivity (Wildman–Crippen MR) is 65.5 cm³/mol. The first-order chi connectivity index (χ1) is 8.26. The second kappa shape index (κ2) is 4.91. The fourth-order valence-corrected chi connectivity index (χ4v) is 1.72. The van der Waals surface area contributed by atoms with Crippen LogP contribution in [0.3, 0.4) is 0 Å². The Morgan fingerprint density at radius 1 is 1.24 bits per heavy atom. The molecule has 1 aromatic carbocycles. The van der Waals surface area contributed by atoms with E-state index in [1.165, 1.54) is 4.57 Å². The first-order valence-electron chi connectivity index (χ1n) is 5.67. The lowest BCUT2D eigenvalue weighted by molar-refractivity contribution is 0.155. The summed E-state index contributed by atoms with van der Waals surface area (Å²) in [6.07, 6.45) is 1.34. The summed E-state index contributed by atoms with van der Waals surface area (Å²) in [5, 5.41) is 0.988. The number of carbonyl (C=O) groups is 1. The third kappa shape index (κ3) is 2.25. The maximum atomic E-state index is 11.7. The summed E-state index contributed by atoms with van der Waals surface area (Å²) in [4.78, 5) is 11.7. The highest BCUT2D eigenvalue weighted by Crippen LogP contribution is 2.22. The van der Waals surface area contributed by atoms with Gasteiger partial charge >= 0.3 is 6.09 Å². The van der Waals surface area contributed by atoms with E-state index in [9.17, 15) is 4.79 Å². The molecular formula is C13H15NO3. The Hall–Kier alpha value is -1.97. The maximum absolute atomic E-state index is 11.7. The zero-order chi connectivity index (χ0) is 12.3. The second-order valence-electron chi connectivity index (χ2n) is 3.54. The van der Waals surface area contributed by atoms with Gasteiger partial charge in [0, 0.05) is 17.6 Å². The Kier molecular flexibility index (Phi) is 3.32. The van der Waals surface area contributed by atoms with E-state index in [2.05, 4.69) is 0 Å². The van der Waals surface area contributed by atoms with Crippen LogP contribution >= 0.6 is 0 Å². The first kappa shape index (κ1) is 11.5. The molecule has 4 heteroatoms. The third-order valence-corrected chi connectivity index (χ3v) is 2.44. The number of fused-ring (bicyclic) bond motifs is 1. The molecule has 2 rings (SSSR count). The molecule has 0 spiro atoms. The minimum atomic E-state index is -0.365. The second-order valence-corrected chi connectivity index (χ2v) is 3.54. The molecule has 0 fully saturated rings. The number of nitrogens with zero attached hydrogens (tertiary/aromatic N) is 1. The smallest absolute Gasteiger partial charge is 0.418 e. The van der Waals surface area contributed by atoms with Crippen LogP contribution < -0.4 is 4.74 Å². The van der Waals surface area contributed by atoms with Gasteiger partial charge in [-0.1, -0.05) is 0 Å². The molecular weight excluding hydrogens is 218 g/mol. The highest BCUT2D eigenvalue weighted by Gasteiger charge is 2.09. The molecule has 90 valence electrons. The minimum absolute atomic E-state index is 0.365. The molecule has 0 aliphatic heterocycles. The molecule has 0 bridgehead atoms. The van der Waals surface area contributed by atoms with Crippen molar-refractivity contribution in [2.75, 3.05) is 13.2 Å². The molecule has 1 aromatic heterocycles. The Labute approximate surface area is 99.7 Å². The van der Waals surface area contributed by atoms with Crippen molar-refractivity contribution in [3.63, 3.8) is 0 Å². The van der Waals surface area contributed by atoms with E-state index in [-0.39, 0.29) is 6.09 Å². The SMILES string of the molecule is CCOC(=O)n1ccc2ccc(OCC)cc21. The fraction of sp³-hybridized carbons (Fsp3) is 0.308. The molecule has 4 nitrogen and oxygen atoms in total. The molecule has 0 saturated heterocycles. The number of ether oxygens (including phenoxy) is 2. The molecule has 0 aliphatic rings. The summed E-state index contributed by atoms with van der Waals surface area (Å²) in [5.74, 6) is 0.754. The van der Waals surface area contributed by atoms with E-state index in [1.54, 1.807) is 13.1 Å². The van der Waals surface area contributed by atoms with Crippen molar-refractivity contribution >= 4 is 17.0 Å². The van der Waals surface area contributed by atoms with Crippen LogP contribution in [0.5, 0.6) is 5.75 Å². The van der Waals surface area contributed by atoms with Crippen LogP contribution in [0.25, 0.3) is 10.9 Å². The van der Waals surface area contributed by atoms with Gasteiger partial charge < -0.3 is 9.47 Å². The molecule has 2 aromatic rings. The highest BCUT2D eigenvalue weighted by atomic mass is 16.5. The van der Waals surface area contributed by atoms with Crippen LogP contribution in [0.15, 0.2) is 30.5 Å². The maximum Gasteiger partial charge on any atom is 0.418 e. The molecule has 0 unspecified atom stereocenters. The molecule has 0 saturated carbocycles. The number of rotatable bonds is 3. The molecule has 0 atom stereocenters. The van der Waals surface area contributed by atoms with Crippen LogP contribution in [0.4, 0.5) is 4.79 Å². The van der Waals surface area contributed by atoms with Gasteiger partial charge in [0.1, 0.15) is 5.75 Å². The minimum Gasteiger partial charge on any atom is -0.494 e. The standard InChI is InChI=1S/C13H15NO3/c1-3-16-11-6-5-10-7-8-14(12(10)9-11)13(15)17-4-2/h5-9H,3-4H2,1-2H3. The molecule has 0 amide bonds. The predicted octanol–water partition coefficient (Wildman–Crippen LogP) is 3.04. The first-order valence-corrected chi connectivity index (χ1v) is 5.67. The summed E-state index contributed by atoms with van der Waals surface area (Å²) in [5.41, 5.74) is 0.800. The third-order valence-electron chi connectivity index (χ3n) is 2.44. The summed E-state index contributed by atoms with van der Waals surface area (Å²) < 4.78 is 11.9. The van der Waals surface area contributed by atoms with Crippen molar-refractivity contribution in [1.29, 1.82) is 0 Å². The van der Waals surface area contributed by atoms with Crippen molar-refractivity contribution in [2.45, 2.75) is 13.8 Å². The van der Waals surface area contributed by atoms with Crippen molar-refractivity contribution in [3.05, 3.63) is 30.5 Å². The average Bonchev–Trinajstić information content (AvgIpc) is 2.73. The number of aromatic nitrogens is 1. The fourth-order valence-electron chi connectivity index (χ4n) is 1.72. The molecule has 0 aliphatic carbocycles. The Bertz CT molecular complexity index is 530. The average molecular weight is 233 g/mol. The topological polar surface area (TPSA) is 40.5 Å². The lowest BCUT2D eigenvalue weighted by atomic mass is 10.2. The van der Waals surface area contributed by atoms with Gasteiger partial charge in [-0.25, -0.2) is 4.79 Å². The lowest BCUT2D eigenvalue weighted by Gasteiger charge is -2.06. The number of carbonyl (C=O) groups excluding carboxylic acids is 1. The molecule has 0 N–H and O–H groups in total. The zero-order valence-corrected chi connectivity index (χ0v) is 9.97. The summed E-state index contributed by atoms with van der Waals surface area (Å²) in [6, 6.07) is 7.54. The Morgan fingerprint density at radius 2 is 2.06 bits per heavy atom. The molecule has 1 heterocycles. The number of benzene rings is 1. The van der Waals surface area contributed by atoms with Gasteiger partial charge in [-0.3, -0.25) is 4.57 Å². The van der Waals surface area contributed by atoms with Crippen LogP contribution in [-0.4, -0.2) is 23.9 Å². The van der Waals surface area contributed by atoms with E-state index in [0.29, 0.717) is 13.2 Å². The van der Waals surface area contributed by atoms with Crippen molar-refractivity contribution in [3.8, 4) is 5.75 Å². The Balaban J connectivity index is 2.42. The summed E-state index contributed by atoms with van der Waals surface area (Å²) in [7, 11) is 0. The van der Waals surface area contributed by atoms with Crippen LogP contribution in [0.1, 0.15) is 13.8 Å². The van der Waals surface area contributed by atoms with E-state index < -0.39 is 0 Å². The lowest BCUT2D eigenvalue weighted by Crippen LogP contribution is -2.12. The van der Waals surface area contributed by atoms with Crippen molar-refractivity contribution in [2.24, 2.45) is 0 Å². The molecule has 17 heavy (non-hydrogen) atoms. The van der Waals surface area contributed by atoms with Crippen LogP contribution in [-0.2, 0) is 4.74 Å². The van der Waals surface area contributed by atoms with Crippen molar-refractivity contribution < 1.29 is 14.3 Å². The van der Waals surface area contributed by atoms with Crippen molar-refractivity contribution in [1.82, 2.24) is 4.57 Å². The van der Waals surface area contributed by atoms with E-state index in [4.69, 9.17) is 9.47 Å². The normalized spacial score (nSPS) is 10.5. The van der Waals surface area contributed by atoms with Gasteiger partial charge in [0.15, 0.2) is 0 Å². The summed E-state index contributed by atoms with van der Waals surface area (Å²) >= 11 is 0. The zero-order valence-electron chi connectivity index (χ0n) is 9.97. The Morgan fingerprint density at radius 3 is 2.76 bits per heavy atom. The van der Waals surface area contributed by atoms with E-state index >= 15 is 0 Å². The quantitative estimate of drug-likeness (QED) is 0.818. The van der Waals surface area contributed by atoms with Gasteiger partial charge in [-0.15, -0.1) is 0 Å². The van der Waals surface area contributed by atoms with E-state index in [1.807, 2.05) is 31.2 Å². The van der Waals surface area contributed by atoms with Gasteiger partial charge in [0.05, 0.1) is 18.7 Å². The monoisotopic (exact) mass is 233 g/mol. The van der Waals surface area contributed by atoms with Gasteiger partial charge in [0.2, 0.25) is 0 Å². The summed E-state index contributed by atoms with van der Waals surface area (Å²) in [6.45, 7) is 4.68.